The number of hydrogen-bond acceptors (Lipinski definition) is 2. The van der Waals surface area contributed by atoms with E-state index in [1.54, 1.807) is 0 Å². The molecule has 1 N–H and O–H groups in total. The lowest BCUT2D eigenvalue weighted by molar-refractivity contribution is 0.442. The van der Waals surface area contributed by atoms with Crippen LogP contribution in [0.25, 0.3) is 0 Å². The second-order valence-corrected chi connectivity index (χ2v) is 4.45. The molecule has 0 saturated carbocycles. The summed E-state index contributed by atoms with van der Waals surface area (Å²) >= 11 is 0. The van der Waals surface area contributed by atoms with Crippen molar-refractivity contribution in [3.8, 4) is 0 Å². The Morgan fingerprint density at radius 1 is 1.33 bits per heavy atom. The van der Waals surface area contributed by atoms with Gasteiger partial charge in [-0.15, -0.1) is 0 Å². The van der Waals surface area contributed by atoms with Crippen LogP contribution in [-0.4, -0.2) is 6.04 Å². The second-order valence-electron chi connectivity index (χ2n) is 4.45. The van der Waals surface area contributed by atoms with Gasteiger partial charge in [-0.05, 0) is 40.2 Å². The summed E-state index contributed by atoms with van der Waals surface area (Å²) < 4.78 is 5.54. The molecule has 2 atom stereocenters. The maximum absolute atomic E-state index is 5.54. The highest BCUT2D eigenvalue weighted by Crippen LogP contribution is 2.21. The highest BCUT2D eigenvalue weighted by molar-refractivity contribution is 5.23. The molecule has 1 aromatic rings. The summed E-state index contributed by atoms with van der Waals surface area (Å²) in [5.74, 6) is 2.04. The quantitative estimate of drug-likeness (QED) is 0.799. The van der Waals surface area contributed by atoms with Crippen molar-refractivity contribution in [2.24, 2.45) is 0 Å². The molecule has 0 aliphatic carbocycles. The molecule has 15 heavy (non-hydrogen) atoms. The van der Waals surface area contributed by atoms with Gasteiger partial charge in [0.05, 0.1) is 0 Å². The van der Waals surface area contributed by atoms with Crippen molar-refractivity contribution in [3.05, 3.63) is 23.2 Å². The van der Waals surface area contributed by atoms with Gasteiger partial charge in [-0.2, -0.15) is 0 Å². The molecular formula is C13H23NO. The Kier molecular flexibility index (Phi) is 4.40. The summed E-state index contributed by atoms with van der Waals surface area (Å²) in [4.78, 5) is 0. The Morgan fingerprint density at radius 2 is 2.00 bits per heavy atom. The summed E-state index contributed by atoms with van der Waals surface area (Å²) in [5.41, 5.74) is 1.29. The molecule has 0 bridgehead atoms. The smallest absolute Gasteiger partial charge is 0.105 e. The Morgan fingerprint density at radius 3 is 2.47 bits per heavy atom. The van der Waals surface area contributed by atoms with Crippen LogP contribution < -0.4 is 5.32 Å². The fraction of sp³-hybridized carbons (Fsp3) is 0.692. The van der Waals surface area contributed by atoms with E-state index in [-0.39, 0.29) is 0 Å². The highest BCUT2D eigenvalue weighted by Gasteiger charge is 2.14. The van der Waals surface area contributed by atoms with Gasteiger partial charge in [0.1, 0.15) is 11.5 Å². The van der Waals surface area contributed by atoms with Gasteiger partial charge in [0, 0.05) is 17.6 Å². The maximum Gasteiger partial charge on any atom is 0.105 e. The van der Waals surface area contributed by atoms with Crippen molar-refractivity contribution < 1.29 is 4.42 Å². The first-order valence-electron chi connectivity index (χ1n) is 5.87. The molecule has 0 saturated heterocycles. The molecular weight excluding hydrogens is 186 g/mol. The van der Waals surface area contributed by atoms with E-state index < -0.39 is 0 Å². The highest BCUT2D eigenvalue weighted by atomic mass is 16.3. The fourth-order valence-electron chi connectivity index (χ4n) is 2.11. The Labute approximate surface area is 93.1 Å². The van der Waals surface area contributed by atoms with Crippen LogP contribution in [0.1, 0.15) is 56.7 Å². The molecule has 1 rings (SSSR count). The number of furan rings is 1. The van der Waals surface area contributed by atoms with E-state index in [2.05, 4.69) is 32.2 Å². The Hall–Kier alpha value is -0.760. The number of nitrogens with one attached hydrogen (secondary N) is 1. The van der Waals surface area contributed by atoms with Gasteiger partial charge in [0.2, 0.25) is 0 Å². The van der Waals surface area contributed by atoms with E-state index in [9.17, 15) is 0 Å². The molecule has 2 nitrogen and oxygen atoms in total. The largest absolute Gasteiger partial charge is 0.466 e. The van der Waals surface area contributed by atoms with Gasteiger partial charge < -0.3 is 9.73 Å². The standard InChI is InChI=1S/C13H23NO/c1-6-7-9(2)14-11(4)13-8-10(3)15-12(13)5/h8-9,11,14H,6-7H2,1-5H3. The monoisotopic (exact) mass is 209 g/mol. The van der Waals surface area contributed by atoms with E-state index in [1.165, 1.54) is 18.4 Å². The summed E-state index contributed by atoms with van der Waals surface area (Å²) in [6, 6.07) is 3.08. The molecule has 0 aliphatic heterocycles. The van der Waals surface area contributed by atoms with Crippen LogP contribution in [0.15, 0.2) is 10.5 Å². The van der Waals surface area contributed by atoms with Crippen LogP contribution in [0.2, 0.25) is 0 Å². The van der Waals surface area contributed by atoms with Gasteiger partial charge >= 0.3 is 0 Å². The predicted molar refractivity (Wildman–Crippen MR) is 64.1 cm³/mol. The first kappa shape index (κ1) is 12.3. The minimum absolute atomic E-state index is 0.379. The lowest BCUT2D eigenvalue weighted by Crippen LogP contribution is -2.28. The first-order valence-corrected chi connectivity index (χ1v) is 5.87. The third-order valence-electron chi connectivity index (χ3n) is 2.80. The lowest BCUT2D eigenvalue weighted by atomic mass is 10.1. The molecule has 0 aliphatic rings. The van der Waals surface area contributed by atoms with E-state index in [0.29, 0.717) is 12.1 Å². The zero-order chi connectivity index (χ0) is 11.4. The molecule has 0 aromatic carbocycles. The molecule has 1 heterocycles. The molecule has 86 valence electrons. The maximum atomic E-state index is 5.54. The summed E-state index contributed by atoms with van der Waals surface area (Å²) in [6.07, 6.45) is 2.45. The summed E-state index contributed by atoms with van der Waals surface area (Å²) in [7, 11) is 0. The minimum atomic E-state index is 0.379. The average molecular weight is 209 g/mol. The molecule has 0 fully saturated rings. The van der Waals surface area contributed by atoms with Crippen molar-refractivity contribution in [1.82, 2.24) is 5.32 Å². The SMILES string of the molecule is CCCC(C)NC(C)c1cc(C)oc1C. The fourth-order valence-corrected chi connectivity index (χ4v) is 2.11. The van der Waals surface area contributed by atoms with Crippen LogP contribution in [0, 0.1) is 13.8 Å². The normalized spacial score (nSPS) is 15.3. The predicted octanol–water partition coefficient (Wildman–Crippen LogP) is 3.74. The van der Waals surface area contributed by atoms with E-state index >= 15 is 0 Å². The van der Waals surface area contributed by atoms with E-state index in [0.717, 1.165) is 11.5 Å². The van der Waals surface area contributed by atoms with Crippen molar-refractivity contribution in [2.45, 2.75) is 59.5 Å². The molecule has 2 unspecified atom stereocenters. The van der Waals surface area contributed by atoms with E-state index in [1.807, 2.05) is 13.8 Å². The summed E-state index contributed by atoms with van der Waals surface area (Å²) in [5, 5.41) is 3.59. The summed E-state index contributed by atoms with van der Waals surface area (Å²) in [6.45, 7) is 10.7. The van der Waals surface area contributed by atoms with Crippen molar-refractivity contribution >= 4 is 0 Å². The van der Waals surface area contributed by atoms with Crippen molar-refractivity contribution in [2.75, 3.05) is 0 Å². The topological polar surface area (TPSA) is 25.2 Å². The van der Waals surface area contributed by atoms with Crippen molar-refractivity contribution in [3.63, 3.8) is 0 Å². The van der Waals surface area contributed by atoms with Gasteiger partial charge in [-0.25, -0.2) is 0 Å². The Balaban J connectivity index is 2.60. The molecule has 0 radical (unpaired) electrons. The van der Waals surface area contributed by atoms with E-state index in [4.69, 9.17) is 4.42 Å². The second kappa shape index (κ2) is 5.36. The number of hydrogen-bond donors (Lipinski definition) is 1. The third-order valence-corrected chi connectivity index (χ3v) is 2.80. The van der Waals surface area contributed by atoms with Crippen LogP contribution in [-0.2, 0) is 0 Å². The molecule has 1 aromatic heterocycles. The Bertz CT molecular complexity index is 303. The molecule has 0 spiro atoms. The number of aryl methyl sites for hydroxylation is 2. The molecule has 0 amide bonds. The van der Waals surface area contributed by atoms with Gasteiger partial charge in [-0.3, -0.25) is 0 Å². The van der Waals surface area contributed by atoms with Crippen LogP contribution in [0.4, 0.5) is 0 Å². The lowest BCUT2D eigenvalue weighted by Gasteiger charge is -2.19. The minimum Gasteiger partial charge on any atom is -0.466 e. The first-order chi connectivity index (χ1) is 7.04. The van der Waals surface area contributed by atoms with Gasteiger partial charge in [-0.1, -0.05) is 13.3 Å². The van der Waals surface area contributed by atoms with Gasteiger partial charge in [0.25, 0.3) is 0 Å². The van der Waals surface area contributed by atoms with Crippen LogP contribution in [0.5, 0.6) is 0 Å². The zero-order valence-corrected chi connectivity index (χ0v) is 10.6. The van der Waals surface area contributed by atoms with Crippen LogP contribution >= 0.6 is 0 Å². The van der Waals surface area contributed by atoms with Crippen LogP contribution in [0.3, 0.4) is 0 Å². The van der Waals surface area contributed by atoms with Gasteiger partial charge in [0.15, 0.2) is 0 Å². The number of rotatable bonds is 5. The van der Waals surface area contributed by atoms with Crippen molar-refractivity contribution in [1.29, 1.82) is 0 Å². The zero-order valence-electron chi connectivity index (χ0n) is 10.6. The average Bonchev–Trinajstić information content (AvgIpc) is 2.45. The molecule has 2 heteroatoms. The third kappa shape index (κ3) is 3.38.